The lowest BCUT2D eigenvalue weighted by molar-refractivity contribution is 0.0666. The van der Waals surface area contributed by atoms with E-state index in [1.165, 1.54) is 0 Å². The van der Waals surface area contributed by atoms with Crippen molar-refractivity contribution in [2.45, 2.75) is 18.0 Å². The van der Waals surface area contributed by atoms with Crippen LogP contribution in [0.1, 0.15) is 48.1 Å². The third kappa shape index (κ3) is 2.79. The van der Waals surface area contributed by atoms with E-state index in [0.717, 1.165) is 11.3 Å². The number of carbonyl (C=O) groups is 3. The molecule has 1 aromatic heterocycles. The summed E-state index contributed by atoms with van der Waals surface area (Å²) in [6.45, 7) is 0. The molecule has 3 aromatic carbocycles. The molecule has 0 N–H and O–H groups in total. The zero-order chi connectivity index (χ0) is 25.1. The zero-order valence-corrected chi connectivity index (χ0v) is 19.8. The van der Waals surface area contributed by atoms with Crippen molar-refractivity contribution in [1.82, 2.24) is 4.98 Å². The number of ketones is 3. The maximum absolute atomic E-state index is 14.5. The largest absolute Gasteiger partial charge is 0.352 e. The van der Waals surface area contributed by atoms with E-state index in [1.807, 2.05) is 65.6 Å². The van der Waals surface area contributed by atoms with E-state index in [4.69, 9.17) is 0 Å². The number of Topliss-reactive ketones (excluding diaryl/α,β-unsaturated/α-hetero) is 3. The zero-order valence-electron chi connectivity index (χ0n) is 19.8. The highest BCUT2D eigenvalue weighted by Crippen LogP contribution is 2.60. The van der Waals surface area contributed by atoms with Gasteiger partial charge in [-0.1, -0.05) is 91.0 Å². The summed E-state index contributed by atoms with van der Waals surface area (Å²) in [4.78, 5) is 49.7. The molecule has 5 nitrogen and oxygen atoms in total. The molecule has 1 saturated heterocycles. The number of hydrogen-bond acceptors (Lipinski definition) is 5. The Morgan fingerprint density at radius 3 is 2.16 bits per heavy atom. The van der Waals surface area contributed by atoms with Gasteiger partial charge in [0.15, 0.2) is 17.3 Å². The van der Waals surface area contributed by atoms with Gasteiger partial charge in [0.1, 0.15) is 11.5 Å². The fourth-order valence-corrected chi connectivity index (χ4v) is 6.62. The molecule has 3 aliphatic rings. The van der Waals surface area contributed by atoms with Gasteiger partial charge in [-0.3, -0.25) is 19.4 Å². The molecule has 4 aromatic rings. The van der Waals surface area contributed by atoms with Gasteiger partial charge in [-0.2, -0.15) is 0 Å². The number of nitrogens with zero attached hydrogens (tertiary/aromatic N) is 2. The number of aromatic nitrogens is 1. The fraction of sp³-hybridized carbons (Fsp3) is 0.125. The van der Waals surface area contributed by atoms with Gasteiger partial charge in [0.05, 0.1) is 6.04 Å². The summed E-state index contributed by atoms with van der Waals surface area (Å²) in [5, 5.41) is 0. The Balaban J connectivity index is 1.56. The van der Waals surface area contributed by atoms with E-state index in [0.29, 0.717) is 22.3 Å². The molecule has 1 spiro atoms. The van der Waals surface area contributed by atoms with E-state index in [-0.39, 0.29) is 17.3 Å². The molecular weight excluding hydrogens is 460 g/mol. The Labute approximate surface area is 214 Å². The van der Waals surface area contributed by atoms with E-state index < -0.39 is 23.4 Å². The van der Waals surface area contributed by atoms with Crippen LogP contribution < -0.4 is 4.90 Å². The van der Waals surface area contributed by atoms with E-state index >= 15 is 0 Å². The maximum Gasteiger partial charge on any atom is 0.185 e. The van der Waals surface area contributed by atoms with Crippen molar-refractivity contribution < 1.29 is 14.4 Å². The topological polar surface area (TPSA) is 67.3 Å². The second-order valence-electron chi connectivity index (χ2n) is 9.78. The Morgan fingerprint density at radius 2 is 1.46 bits per heavy atom. The molecule has 37 heavy (non-hydrogen) atoms. The van der Waals surface area contributed by atoms with E-state index in [2.05, 4.69) is 4.98 Å². The number of fused-ring (bicyclic) bond motifs is 5. The van der Waals surface area contributed by atoms with Crippen LogP contribution >= 0.6 is 0 Å². The van der Waals surface area contributed by atoms with Crippen molar-refractivity contribution in [3.8, 4) is 0 Å². The summed E-state index contributed by atoms with van der Waals surface area (Å²) in [6.07, 6.45) is 7.26. The minimum atomic E-state index is -1.49. The average molecular weight is 483 g/mol. The van der Waals surface area contributed by atoms with Gasteiger partial charge in [-0.05, 0) is 23.3 Å². The highest BCUT2D eigenvalue weighted by molar-refractivity contribution is 6.32. The first kappa shape index (κ1) is 21.6. The van der Waals surface area contributed by atoms with Gasteiger partial charge >= 0.3 is 0 Å². The smallest absolute Gasteiger partial charge is 0.185 e. The fourth-order valence-electron chi connectivity index (χ4n) is 6.62. The maximum atomic E-state index is 14.5. The first-order chi connectivity index (χ1) is 18.1. The minimum absolute atomic E-state index is 0.127. The quantitative estimate of drug-likeness (QED) is 0.289. The Kier molecular flexibility index (Phi) is 4.64. The SMILES string of the molecule is O=C(c1ccccc1)[C@@H]1[C@@H](c2cccnc2)C2(C(=O)c3ccccc3C2=O)[C@H]2C=Cc3ccccc3N12. The highest BCUT2D eigenvalue weighted by Gasteiger charge is 2.71. The highest BCUT2D eigenvalue weighted by atomic mass is 16.2. The summed E-state index contributed by atoms with van der Waals surface area (Å²) in [6, 6.07) is 26.2. The Bertz CT molecular complexity index is 1570. The predicted octanol–water partition coefficient (Wildman–Crippen LogP) is 5.40. The third-order valence-electron chi connectivity index (χ3n) is 8.08. The lowest BCUT2D eigenvalue weighted by Crippen LogP contribution is -2.48. The molecule has 0 radical (unpaired) electrons. The van der Waals surface area contributed by atoms with Crippen molar-refractivity contribution in [2.24, 2.45) is 5.41 Å². The van der Waals surface area contributed by atoms with Crippen LogP contribution in [0.25, 0.3) is 6.08 Å². The molecule has 1 fully saturated rings. The normalized spacial score (nSPS) is 22.6. The summed E-state index contributed by atoms with van der Waals surface area (Å²) < 4.78 is 0. The summed E-state index contributed by atoms with van der Waals surface area (Å²) in [5.41, 5.74) is 2.37. The standard InChI is InChI=1S/C32H22N2O3/c35-29(21-10-2-1-3-11-21)28-27(22-12-8-18-33-19-22)32(30(36)23-13-5-6-14-24(23)31(32)37)26-17-16-20-9-4-7-15-25(20)34(26)28/h1-19,26-28H/t26-,27-,28+/m1/s1. The number of benzene rings is 3. The first-order valence-electron chi connectivity index (χ1n) is 12.4. The van der Waals surface area contributed by atoms with Crippen molar-refractivity contribution in [3.63, 3.8) is 0 Å². The molecule has 3 atom stereocenters. The second-order valence-corrected chi connectivity index (χ2v) is 9.78. The van der Waals surface area contributed by atoms with E-state index in [9.17, 15) is 14.4 Å². The predicted molar refractivity (Wildman–Crippen MR) is 141 cm³/mol. The van der Waals surface area contributed by atoms with Gasteiger partial charge in [0.2, 0.25) is 0 Å². The molecule has 1 aliphatic carbocycles. The van der Waals surface area contributed by atoms with Gasteiger partial charge < -0.3 is 4.90 Å². The summed E-state index contributed by atoms with van der Waals surface area (Å²) >= 11 is 0. The molecule has 0 amide bonds. The first-order valence-corrected chi connectivity index (χ1v) is 12.4. The number of rotatable bonds is 3. The van der Waals surface area contributed by atoms with E-state index in [1.54, 1.807) is 54.9 Å². The van der Waals surface area contributed by atoms with Crippen molar-refractivity contribution >= 4 is 29.1 Å². The number of anilines is 1. The molecule has 0 saturated carbocycles. The molecule has 0 bridgehead atoms. The van der Waals surface area contributed by atoms with Crippen LogP contribution in [0.3, 0.4) is 0 Å². The van der Waals surface area contributed by atoms with Crippen LogP contribution in [0.15, 0.2) is 109 Å². The molecule has 178 valence electrons. The monoisotopic (exact) mass is 482 g/mol. The van der Waals surface area contributed by atoms with Gasteiger partial charge in [-0.25, -0.2) is 0 Å². The van der Waals surface area contributed by atoms with Crippen LogP contribution in [0.4, 0.5) is 5.69 Å². The molecular formula is C32H22N2O3. The average Bonchev–Trinajstić information content (AvgIpc) is 3.40. The van der Waals surface area contributed by atoms with Crippen molar-refractivity contribution in [3.05, 3.63) is 137 Å². The minimum Gasteiger partial charge on any atom is -0.352 e. The van der Waals surface area contributed by atoms with Crippen LogP contribution in [-0.2, 0) is 0 Å². The Morgan fingerprint density at radius 1 is 0.784 bits per heavy atom. The molecule has 7 rings (SSSR count). The molecule has 5 heteroatoms. The summed E-state index contributed by atoms with van der Waals surface area (Å²) in [5.74, 6) is -1.33. The van der Waals surface area contributed by atoms with Gasteiger partial charge in [0.25, 0.3) is 0 Å². The Hall–Kier alpha value is -4.64. The van der Waals surface area contributed by atoms with Gasteiger partial charge in [-0.15, -0.1) is 0 Å². The third-order valence-corrected chi connectivity index (χ3v) is 8.08. The van der Waals surface area contributed by atoms with Crippen LogP contribution in [0, 0.1) is 5.41 Å². The van der Waals surface area contributed by atoms with Crippen LogP contribution in [-0.4, -0.2) is 34.4 Å². The number of hydrogen-bond donors (Lipinski definition) is 0. The number of para-hydroxylation sites is 1. The second kappa shape index (κ2) is 7.93. The van der Waals surface area contributed by atoms with Crippen LogP contribution in [0.5, 0.6) is 0 Å². The lowest BCUT2D eigenvalue weighted by Gasteiger charge is -2.37. The number of pyridine rings is 1. The lowest BCUT2D eigenvalue weighted by atomic mass is 9.64. The van der Waals surface area contributed by atoms with Crippen molar-refractivity contribution in [2.75, 3.05) is 4.90 Å². The van der Waals surface area contributed by atoms with Gasteiger partial charge in [0, 0.05) is 40.7 Å². The summed E-state index contributed by atoms with van der Waals surface area (Å²) in [7, 11) is 0. The molecule has 2 aliphatic heterocycles. The molecule has 3 heterocycles. The van der Waals surface area contributed by atoms with Crippen molar-refractivity contribution in [1.29, 1.82) is 0 Å². The van der Waals surface area contributed by atoms with Crippen LogP contribution in [0.2, 0.25) is 0 Å². The molecule has 0 unspecified atom stereocenters. The number of carbonyl (C=O) groups excluding carboxylic acids is 3.